The van der Waals surface area contributed by atoms with Crippen LogP contribution in [0.15, 0.2) is 0 Å². The summed E-state index contributed by atoms with van der Waals surface area (Å²) in [5, 5.41) is 13.0. The molecule has 1 aliphatic rings. The Morgan fingerprint density at radius 1 is 1.43 bits per heavy atom. The number of nitrogens with one attached hydrogen (secondary N) is 1. The Morgan fingerprint density at radius 2 is 2.21 bits per heavy atom. The summed E-state index contributed by atoms with van der Waals surface area (Å²) in [4.78, 5) is 0. The summed E-state index contributed by atoms with van der Waals surface area (Å²) >= 11 is 0. The van der Waals surface area contributed by atoms with Crippen LogP contribution in [0.1, 0.15) is 39.5 Å². The zero-order valence-corrected chi connectivity index (χ0v) is 9.38. The lowest BCUT2D eigenvalue weighted by Crippen LogP contribution is -2.52. The maximum absolute atomic E-state index is 9.49. The number of rotatable bonds is 4. The molecule has 1 heterocycles. The summed E-state index contributed by atoms with van der Waals surface area (Å²) in [7, 11) is 0. The lowest BCUT2D eigenvalue weighted by molar-refractivity contribution is 0.108. The molecule has 0 aromatic carbocycles. The molecule has 84 valence electrons. The van der Waals surface area contributed by atoms with Crippen molar-refractivity contribution in [2.75, 3.05) is 19.8 Å². The Balaban J connectivity index is 2.53. The smallest absolute Gasteiger partial charge is 0.0614 e. The van der Waals surface area contributed by atoms with Gasteiger partial charge in [0.1, 0.15) is 0 Å². The molecule has 0 aromatic rings. The van der Waals surface area contributed by atoms with Crippen molar-refractivity contribution in [2.24, 2.45) is 0 Å². The third kappa shape index (κ3) is 3.23. The van der Waals surface area contributed by atoms with Crippen molar-refractivity contribution in [1.29, 1.82) is 0 Å². The van der Waals surface area contributed by atoms with Crippen LogP contribution in [0.4, 0.5) is 0 Å². The number of aliphatic hydroxyl groups is 1. The van der Waals surface area contributed by atoms with Gasteiger partial charge in [-0.25, -0.2) is 0 Å². The molecule has 3 nitrogen and oxygen atoms in total. The summed E-state index contributed by atoms with van der Waals surface area (Å²) in [6.45, 7) is 6.16. The molecule has 0 amide bonds. The quantitative estimate of drug-likeness (QED) is 0.720. The molecule has 1 rings (SSSR count). The fraction of sp³-hybridized carbons (Fsp3) is 1.00. The molecule has 0 aromatic heterocycles. The second kappa shape index (κ2) is 5.69. The minimum atomic E-state index is -0.0913. The molecular weight excluding hydrogens is 178 g/mol. The van der Waals surface area contributed by atoms with E-state index in [1.54, 1.807) is 0 Å². The highest BCUT2D eigenvalue weighted by Gasteiger charge is 2.31. The van der Waals surface area contributed by atoms with Crippen molar-refractivity contribution in [3.8, 4) is 0 Å². The van der Waals surface area contributed by atoms with Crippen LogP contribution in [-0.2, 0) is 4.74 Å². The molecule has 2 unspecified atom stereocenters. The minimum Gasteiger partial charge on any atom is -0.394 e. The molecule has 14 heavy (non-hydrogen) atoms. The second-order valence-corrected chi connectivity index (χ2v) is 4.36. The van der Waals surface area contributed by atoms with Gasteiger partial charge in [0, 0.05) is 24.8 Å². The number of ether oxygens (including phenoxy) is 1. The van der Waals surface area contributed by atoms with Crippen LogP contribution < -0.4 is 5.32 Å². The van der Waals surface area contributed by atoms with Gasteiger partial charge in [-0.1, -0.05) is 6.92 Å². The fourth-order valence-electron chi connectivity index (χ4n) is 1.98. The number of hydrogen-bond donors (Lipinski definition) is 2. The first-order chi connectivity index (χ1) is 6.72. The lowest BCUT2D eigenvalue weighted by Gasteiger charge is -2.34. The standard InChI is InChI=1S/C11H23NO2/c1-3-10(2)12-11(9-13)5-4-7-14-8-6-11/h10,12-13H,3-9H2,1-2H3. The van der Waals surface area contributed by atoms with E-state index >= 15 is 0 Å². The maximum Gasteiger partial charge on any atom is 0.0614 e. The molecule has 0 saturated carbocycles. The monoisotopic (exact) mass is 201 g/mol. The van der Waals surface area contributed by atoms with E-state index in [-0.39, 0.29) is 12.1 Å². The summed E-state index contributed by atoms with van der Waals surface area (Å²) in [6, 6.07) is 0.472. The third-order valence-corrected chi connectivity index (χ3v) is 3.14. The highest BCUT2D eigenvalue weighted by atomic mass is 16.5. The maximum atomic E-state index is 9.49. The first-order valence-electron chi connectivity index (χ1n) is 5.69. The number of aliphatic hydroxyl groups excluding tert-OH is 1. The molecule has 2 N–H and O–H groups in total. The second-order valence-electron chi connectivity index (χ2n) is 4.36. The van der Waals surface area contributed by atoms with E-state index < -0.39 is 0 Å². The fourth-order valence-corrected chi connectivity index (χ4v) is 1.98. The lowest BCUT2D eigenvalue weighted by atomic mass is 9.90. The molecule has 0 aliphatic carbocycles. The van der Waals surface area contributed by atoms with Crippen LogP contribution >= 0.6 is 0 Å². The topological polar surface area (TPSA) is 41.5 Å². The van der Waals surface area contributed by atoms with E-state index in [0.717, 1.165) is 38.9 Å². The molecule has 1 aliphatic heterocycles. The van der Waals surface area contributed by atoms with Crippen LogP contribution in [0.25, 0.3) is 0 Å². The zero-order chi connectivity index (χ0) is 10.4. The molecule has 0 spiro atoms. The van der Waals surface area contributed by atoms with Crippen LogP contribution in [0.5, 0.6) is 0 Å². The van der Waals surface area contributed by atoms with Crippen molar-refractivity contribution >= 4 is 0 Å². The van der Waals surface area contributed by atoms with Gasteiger partial charge >= 0.3 is 0 Å². The number of hydrogen-bond acceptors (Lipinski definition) is 3. The van der Waals surface area contributed by atoms with Crippen LogP contribution in [-0.4, -0.2) is 36.5 Å². The average Bonchev–Trinajstić information content (AvgIpc) is 2.44. The minimum absolute atomic E-state index is 0.0913. The van der Waals surface area contributed by atoms with E-state index in [0.29, 0.717) is 6.04 Å². The van der Waals surface area contributed by atoms with Gasteiger partial charge in [0.2, 0.25) is 0 Å². The molecule has 2 atom stereocenters. The van der Waals surface area contributed by atoms with Gasteiger partial charge in [0.25, 0.3) is 0 Å². The SMILES string of the molecule is CCC(C)NC1(CO)CCCOCC1. The average molecular weight is 201 g/mol. The Labute approximate surface area is 86.8 Å². The van der Waals surface area contributed by atoms with Gasteiger partial charge in [0.05, 0.1) is 6.61 Å². The molecule has 3 heteroatoms. The highest BCUT2D eigenvalue weighted by Crippen LogP contribution is 2.21. The van der Waals surface area contributed by atoms with Crippen LogP contribution in [0, 0.1) is 0 Å². The van der Waals surface area contributed by atoms with Crippen molar-refractivity contribution < 1.29 is 9.84 Å². The summed E-state index contributed by atoms with van der Waals surface area (Å²) in [6.07, 6.45) is 4.09. The molecule has 1 fully saturated rings. The molecule has 0 radical (unpaired) electrons. The predicted molar refractivity (Wildman–Crippen MR) is 57.4 cm³/mol. The van der Waals surface area contributed by atoms with Crippen LogP contribution in [0.3, 0.4) is 0 Å². The van der Waals surface area contributed by atoms with Gasteiger partial charge in [-0.15, -0.1) is 0 Å². The van der Waals surface area contributed by atoms with E-state index in [1.165, 1.54) is 0 Å². The highest BCUT2D eigenvalue weighted by molar-refractivity contribution is 4.90. The zero-order valence-electron chi connectivity index (χ0n) is 9.38. The third-order valence-electron chi connectivity index (χ3n) is 3.14. The van der Waals surface area contributed by atoms with E-state index in [2.05, 4.69) is 19.2 Å². The Morgan fingerprint density at radius 3 is 2.86 bits per heavy atom. The van der Waals surface area contributed by atoms with Gasteiger partial charge in [0.15, 0.2) is 0 Å². The molecule has 1 saturated heterocycles. The summed E-state index contributed by atoms with van der Waals surface area (Å²) in [5.74, 6) is 0. The van der Waals surface area contributed by atoms with E-state index in [1.807, 2.05) is 0 Å². The molecular formula is C11H23NO2. The predicted octanol–water partition coefficient (Wildman–Crippen LogP) is 1.31. The van der Waals surface area contributed by atoms with Crippen molar-refractivity contribution in [1.82, 2.24) is 5.32 Å². The summed E-state index contributed by atoms with van der Waals surface area (Å²) in [5.41, 5.74) is -0.0913. The summed E-state index contributed by atoms with van der Waals surface area (Å²) < 4.78 is 5.42. The van der Waals surface area contributed by atoms with Gasteiger partial charge in [-0.2, -0.15) is 0 Å². The Hall–Kier alpha value is -0.120. The van der Waals surface area contributed by atoms with Crippen molar-refractivity contribution in [3.05, 3.63) is 0 Å². The Kier molecular flexibility index (Phi) is 4.85. The largest absolute Gasteiger partial charge is 0.394 e. The van der Waals surface area contributed by atoms with Crippen molar-refractivity contribution in [2.45, 2.75) is 51.1 Å². The Bertz CT molecular complexity index is 153. The van der Waals surface area contributed by atoms with Crippen LogP contribution in [0.2, 0.25) is 0 Å². The van der Waals surface area contributed by atoms with Crippen molar-refractivity contribution in [3.63, 3.8) is 0 Å². The normalized spacial score (nSPS) is 31.1. The van der Waals surface area contributed by atoms with E-state index in [9.17, 15) is 5.11 Å². The van der Waals surface area contributed by atoms with Gasteiger partial charge in [-0.05, 0) is 32.6 Å². The first-order valence-corrected chi connectivity index (χ1v) is 5.69. The van der Waals surface area contributed by atoms with E-state index in [4.69, 9.17) is 4.74 Å². The van der Waals surface area contributed by atoms with Gasteiger partial charge < -0.3 is 15.2 Å². The first kappa shape index (κ1) is 12.0. The molecule has 0 bridgehead atoms. The van der Waals surface area contributed by atoms with Gasteiger partial charge in [-0.3, -0.25) is 0 Å².